The number of hydrogen-bond donors (Lipinski definition) is 2. The minimum Gasteiger partial charge on any atom is -0.395 e. The number of aromatic nitrogens is 1. The van der Waals surface area contributed by atoms with Crippen molar-refractivity contribution in [2.24, 2.45) is 0 Å². The molecule has 2 N–H and O–H groups in total. The summed E-state index contributed by atoms with van der Waals surface area (Å²) >= 11 is 0. The Morgan fingerprint density at radius 2 is 2.17 bits per heavy atom. The molecule has 1 fully saturated rings. The van der Waals surface area contributed by atoms with E-state index in [2.05, 4.69) is 9.88 Å². The zero-order valence-electron chi connectivity index (χ0n) is 10.9. The molecule has 1 aromatic rings. The Balaban J connectivity index is 2.21. The second-order valence-corrected chi connectivity index (χ2v) is 4.98. The molecule has 2 rings (SSSR count). The van der Waals surface area contributed by atoms with Crippen LogP contribution >= 0.6 is 0 Å². The Morgan fingerprint density at radius 3 is 2.78 bits per heavy atom. The highest BCUT2D eigenvalue weighted by atomic mass is 16.3. The van der Waals surface area contributed by atoms with Crippen molar-refractivity contribution in [3.63, 3.8) is 0 Å². The van der Waals surface area contributed by atoms with Crippen molar-refractivity contribution in [3.05, 3.63) is 23.9 Å². The van der Waals surface area contributed by atoms with Crippen LogP contribution in [0.3, 0.4) is 0 Å². The summed E-state index contributed by atoms with van der Waals surface area (Å²) in [5.74, 6) is 0.870. The molecule has 0 spiro atoms. The third kappa shape index (κ3) is 3.00. The minimum atomic E-state index is -0.480. The first-order chi connectivity index (χ1) is 8.72. The van der Waals surface area contributed by atoms with Gasteiger partial charge in [0.05, 0.1) is 12.7 Å². The molecule has 1 unspecified atom stereocenters. The molecule has 1 aromatic heterocycles. The normalized spacial score (nSPS) is 17.9. The molecule has 4 nitrogen and oxygen atoms in total. The molecule has 1 atom stereocenters. The van der Waals surface area contributed by atoms with E-state index in [-0.39, 0.29) is 6.61 Å². The minimum absolute atomic E-state index is 0.136. The molecule has 0 aliphatic heterocycles. The standard InChI is InChI=1S/C14H22N2O2/c1-11(18)12-6-7-15-14(10-12)16(8-9-17)13-4-2-3-5-13/h6-7,10-11,13,17-18H,2-5,8-9H2,1H3. The van der Waals surface area contributed by atoms with Crippen molar-refractivity contribution in [2.45, 2.75) is 44.8 Å². The highest BCUT2D eigenvalue weighted by Gasteiger charge is 2.23. The van der Waals surface area contributed by atoms with Gasteiger partial charge >= 0.3 is 0 Å². The first-order valence-electron chi connectivity index (χ1n) is 6.74. The maximum atomic E-state index is 9.63. The van der Waals surface area contributed by atoms with Crippen molar-refractivity contribution in [1.29, 1.82) is 0 Å². The van der Waals surface area contributed by atoms with Crippen molar-refractivity contribution in [3.8, 4) is 0 Å². The molecule has 18 heavy (non-hydrogen) atoms. The molecule has 4 heteroatoms. The molecule has 0 bridgehead atoms. The molecule has 1 aliphatic carbocycles. The van der Waals surface area contributed by atoms with Crippen LogP contribution < -0.4 is 4.90 Å². The zero-order chi connectivity index (χ0) is 13.0. The predicted molar refractivity (Wildman–Crippen MR) is 71.6 cm³/mol. The van der Waals surface area contributed by atoms with Crippen LogP contribution in [0.2, 0.25) is 0 Å². The average molecular weight is 250 g/mol. The van der Waals surface area contributed by atoms with Gasteiger partial charge in [0, 0.05) is 18.8 Å². The third-order valence-electron chi connectivity index (χ3n) is 3.65. The Kier molecular flexibility index (Phi) is 4.55. The van der Waals surface area contributed by atoms with Crippen LogP contribution in [-0.4, -0.2) is 34.4 Å². The van der Waals surface area contributed by atoms with Gasteiger partial charge in [0.15, 0.2) is 0 Å². The second-order valence-electron chi connectivity index (χ2n) is 4.98. The molecule has 1 saturated carbocycles. The first-order valence-corrected chi connectivity index (χ1v) is 6.74. The molecule has 0 saturated heterocycles. The lowest BCUT2D eigenvalue weighted by molar-refractivity contribution is 0.199. The monoisotopic (exact) mass is 250 g/mol. The maximum absolute atomic E-state index is 9.63. The van der Waals surface area contributed by atoms with Gasteiger partial charge in [-0.05, 0) is 37.5 Å². The van der Waals surface area contributed by atoms with Gasteiger partial charge in [-0.1, -0.05) is 12.8 Å². The molecule has 0 radical (unpaired) electrons. The van der Waals surface area contributed by atoms with Crippen molar-refractivity contribution >= 4 is 5.82 Å². The smallest absolute Gasteiger partial charge is 0.129 e. The van der Waals surface area contributed by atoms with Crippen LogP contribution in [0.1, 0.15) is 44.3 Å². The number of rotatable bonds is 5. The van der Waals surface area contributed by atoms with E-state index in [4.69, 9.17) is 0 Å². The zero-order valence-corrected chi connectivity index (χ0v) is 10.9. The number of hydrogen-bond acceptors (Lipinski definition) is 4. The highest BCUT2D eigenvalue weighted by molar-refractivity contribution is 5.43. The van der Waals surface area contributed by atoms with Gasteiger partial charge in [0.1, 0.15) is 5.82 Å². The van der Waals surface area contributed by atoms with E-state index in [0.717, 1.165) is 11.4 Å². The fourth-order valence-electron chi connectivity index (χ4n) is 2.66. The lowest BCUT2D eigenvalue weighted by Gasteiger charge is -2.29. The SMILES string of the molecule is CC(O)c1ccnc(N(CCO)C2CCCC2)c1. The lowest BCUT2D eigenvalue weighted by atomic mass is 10.1. The quantitative estimate of drug-likeness (QED) is 0.837. The Labute approximate surface area is 108 Å². The molecule has 1 aliphatic rings. The van der Waals surface area contributed by atoms with Crippen LogP contribution in [0.25, 0.3) is 0 Å². The molecule has 0 amide bonds. The van der Waals surface area contributed by atoms with Gasteiger partial charge in [-0.15, -0.1) is 0 Å². The summed E-state index contributed by atoms with van der Waals surface area (Å²) in [5, 5.41) is 18.8. The van der Waals surface area contributed by atoms with Crippen LogP contribution in [0.4, 0.5) is 5.82 Å². The van der Waals surface area contributed by atoms with E-state index < -0.39 is 6.10 Å². The van der Waals surface area contributed by atoms with Crippen molar-refractivity contribution in [1.82, 2.24) is 4.98 Å². The van der Waals surface area contributed by atoms with Gasteiger partial charge in [-0.2, -0.15) is 0 Å². The summed E-state index contributed by atoms with van der Waals surface area (Å²) in [6.07, 6.45) is 6.09. The second kappa shape index (κ2) is 6.16. The van der Waals surface area contributed by atoms with E-state index >= 15 is 0 Å². The maximum Gasteiger partial charge on any atom is 0.129 e. The van der Waals surface area contributed by atoms with Gasteiger partial charge in [-0.3, -0.25) is 0 Å². The van der Waals surface area contributed by atoms with Gasteiger partial charge in [0.25, 0.3) is 0 Å². The summed E-state index contributed by atoms with van der Waals surface area (Å²) in [4.78, 5) is 6.57. The van der Waals surface area contributed by atoms with Crippen LogP contribution in [0.15, 0.2) is 18.3 Å². The van der Waals surface area contributed by atoms with Gasteiger partial charge in [-0.25, -0.2) is 4.98 Å². The summed E-state index contributed by atoms with van der Waals surface area (Å²) < 4.78 is 0. The van der Waals surface area contributed by atoms with Gasteiger partial charge in [0.2, 0.25) is 0 Å². The van der Waals surface area contributed by atoms with Gasteiger partial charge < -0.3 is 15.1 Å². The Morgan fingerprint density at radius 1 is 1.44 bits per heavy atom. The molecule has 1 heterocycles. The van der Waals surface area contributed by atoms with E-state index in [0.29, 0.717) is 12.6 Å². The third-order valence-corrected chi connectivity index (χ3v) is 3.65. The summed E-state index contributed by atoms with van der Waals surface area (Å²) in [6.45, 7) is 2.50. The van der Waals surface area contributed by atoms with E-state index in [1.54, 1.807) is 13.1 Å². The fourth-order valence-corrected chi connectivity index (χ4v) is 2.66. The number of anilines is 1. The Bertz CT molecular complexity index is 376. The predicted octanol–water partition coefficient (Wildman–Crippen LogP) is 1.88. The van der Waals surface area contributed by atoms with E-state index in [1.165, 1.54) is 25.7 Å². The van der Waals surface area contributed by atoms with Crippen molar-refractivity contribution in [2.75, 3.05) is 18.1 Å². The van der Waals surface area contributed by atoms with Crippen LogP contribution in [0, 0.1) is 0 Å². The summed E-state index contributed by atoms with van der Waals surface area (Å²) in [7, 11) is 0. The molecule has 100 valence electrons. The van der Waals surface area contributed by atoms with Crippen LogP contribution in [0.5, 0.6) is 0 Å². The summed E-state index contributed by atoms with van der Waals surface area (Å²) in [6, 6.07) is 4.24. The van der Waals surface area contributed by atoms with E-state index in [9.17, 15) is 10.2 Å². The Hall–Kier alpha value is -1.13. The van der Waals surface area contributed by atoms with E-state index in [1.807, 2.05) is 12.1 Å². The molecule has 0 aromatic carbocycles. The highest BCUT2D eigenvalue weighted by Crippen LogP contribution is 2.28. The number of aliphatic hydroxyl groups is 2. The first kappa shape index (κ1) is 13.3. The van der Waals surface area contributed by atoms with Crippen LogP contribution in [-0.2, 0) is 0 Å². The topological polar surface area (TPSA) is 56.6 Å². The number of nitrogens with zero attached hydrogens (tertiary/aromatic N) is 2. The number of aliphatic hydroxyl groups excluding tert-OH is 2. The van der Waals surface area contributed by atoms with Crippen molar-refractivity contribution < 1.29 is 10.2 Å². The fraction of sp³-hybridized carbons (Fsp3) is 0.643. The average Bonchev–Trinajstić information content (AvgIpc) is 2.89. The largest absolute Gasteiger partial charge is 0.395 e. The summed E-state index contributed by atoms with van der Waals surface area (Å²) in [5.41, 5.74) is 0.876. The number of pyridine rings is 1. The lowest BCUT2D eigenvalue weighted by Crippen LogP contribution is -2.36. The molecular formula is C14H22N2O2. The molecular weight excluding hydrogens is 228 g/mol.